The Hall–Kier alpha value is -1.41. The number of thiazole rings is 1. The van der Waals surface area contributed by atoms with Gasteiger partial charge in [0.15, 0.2) is 5.01 Å². The van der Waals surface area contributed by atoms with Crippen molar-refractivity contribution in [1.29, 1.82) is 5.26 Å². The maximum Gasteiger partial charge on any atom is 0.315 e. The summed E-state index contributed by atoms with van der Waals surface area (Å²) in [5.41, 5.74) is 0.665. The smallest absolute Gasteiger partial charge is 0.315 e. The number of rotatable bonds is 6. The molecule has 4 nitrogen and oxygen atoms in total. The molecule has 0 amide bonds. The SMILES string of the molecule is CCCCC(C(=O)OCC)c1csc(C#N)n1. The summed E-state index contributed by atoms with van der Waals surface area (Å²) in [5.74, 6) is -0.566. The van der Waals surface area contributed by atoms with Crippen LogP contribution >= 0.6 is 11.3 Å². The van der Waals surface area contributed by atoms with Crippen LogP contribution in [-0.2, 0) is 9.53 Å². The fourth-order valence-electron chi connectivity index (χ4n) is 1.54. The molecule has 0 aliphatic carbocycles. The van der Waals surface area contributed by atoms with Crippen molar-refractivity contribution in [2.75, 3.05) is 6.61 Å². The van der Waals surface area contributed by atoms with E-state index in [9.17, 15) is 4.79 Å². The van der Waals surface area contributed by atoms with Crippen LogP contribution in [0.3, 0.4) is 0 Å². The average Bonchev–Trinajstić information content (AvgIpc) is 2.78. The van der Waals surface area contributed by atoms with Crippen molar-refractivity contribution in [3.63, 3.8) is 0 Å². The number of carbonyl (C=O) groups is 1. The molecule has 0 aromatic carbocycles. The second kappa shape index (κ2) is 7.02. The summed E-state index contributed by atoms with van der Waals surface area (Å²) in [4.78, 5) is 15.9. The summed E-state index contributed by atoms with van der Waals surface area (Å²) in [6, 6.07) is 1.98. The summed E-state index contributed by atoms with van der Waals surface area (Å²) >= 11 is 1.27. The van der Waals surface area contributed by atoms with Gasteiger partial charge in [-0.15, -0.1) is 11.3 Å². The molecule has 1 heterocycles. The summed E-state index contributed by atoms with van der Waals surface area (Å²) in [7, 11) is 0. The molecule has 1 atom stereocenters. The highest BCUT2D eigenvalue weighted by Crippen LogP contribution is 2.25. The quantitative estimate of drug-likeness (QED) is 0.730. The lowest BCUT2D eigenvalue weighted by molar-refractivity contribution is -0.145. The standard InChI is InChI=1S/C12H16N2O2S/c1-3-5-6-9(12(15)16-4-2)10-8-17-11(7-13)14-10/h8-9H,3-6H2,1-2H3. The predicted octanol–water partition coefficient (Wildman–Crippen LogP) is 2.85. The molecule has 0 radical (unpaired) electrons. The molecule has 0 N–H and O–H groups in total. The van der Waals surface area contributed by atoms with Gasteiger partial charge in [0, 0.05) is 5.38 Å². The molecule has 0 aliphatic rings. The van der Waals surface area contributed by atoms with Crippen LogP contribution in [0, 0.1) is 11.3 Å². The van der Waals surface area contributed by atoms with Crippen LogP contribution in [0.15, 0.2) is 5.38 Å². The van der Waals surface area contributed by atoms with Crippen molar-refractivity contribution in [3.8, 4) is 6.07 Å². The van der Waals surface area contributed by atoms with Gasteiger partial charge in [0.05, 0.1) is 18.2 Å². The Balaban J connectivity index is 2.81. The highest BCUT2D eigenvalue weighted by Gasteiger charge is 2.24. The molecular weight excluding hydrogens is 236 g/mol. The molecule has 1 aromatic rings. The van der Waals surface area contributed by atoms with E-state index in [4.69, 9.17) is 10.00 Å². The van der Waals surface area contributed by atoms with Crippen molar-refractivity contribution in [2.24, 2.45) is 0 Å². The van der Waals surface area contributed by atoms with Crippen LogP contribution in [-0.4, -0.2) is 17.6 Å². The monoisotopic (exact) mass is 252 g/mol. The number of aromatic nitrogens is 1. The number of ether oxygens (including phenoxy) is 1. The summed E-state index contributed by atoms with van der Waals surface area (Å²) in [6.45, 7) is 4.23. The molecule has 17 heavy (non-hydrogen) atoms. The fourth-order valence-corrected chi connectivity index (χ4v) is 2.20. The van der Waals surface area contributed by atoms with Gasteiger partial charge in [-0.1, -0.05) is 19.8 Å². The van der Waals surface area contributed by atoms with Gasteiger partial charge in [0.2, 0.25) is 0 Å². The molecule has 92 valence electrons. The van der Waals surface area contributed by atoms with E-state index in [-0.39, 0.29) is 11.9 Å². The van der Waals surface area contributed by atoms with E-state index in [0.717, 1.165) is 19.3 Å². The number of hydrogen-bond donors (Lipinski definition) is 0. The van der Waals surface area contributed by atoms with E-state index in [0.29, 0.717) is 17.3 Å². The first kappa shape index (κ1) is 13.7. The molecule has 0 aliphatic heterocycles. The molecule has 0 saturated carbocycles. The minimum Gasteiger partial charge on any atom is -0.465 e. The highest BCUT2D eigenvalue weighted by molar-refractivity contribution is 7.10. The summed E-state index contributed by atoms with van der Waals surface area (Å²) in [6.07, 6.45) is 2.69. The average molecular weight is 252 g/mol. The van der Waals surface area contributed by atoms with E-state index in [2.05, 4.69) is 11.9 Å². The second-order valence-electron chi connectivity index (χ2n) is 3.64. The van der Waals surface area contributed by atoms with Crippen molar-refractivity contribution >= 4 is 17.3 Å². The van der Waals surface area contributed by atoms with E-state index in [1.807, 2.05) is 6.07 Å². The van der Waals surface area contributed by atoms with Crippen LogP contribution in [0.2, 0.25) is 0 Å². The van der Waals surface area contributed by atoms with Crippen molar-refractivity contribution in [1.82, 2.24) is 4.98 Å². The van der Waals surface area contributed by atoms with Crippen LogP contribution in [0.1, 0.15) is 49.7 Å². The first-order chi connectivity index (χ1) is 8.22. The molecule has 1 rings (SSSR count). The normalized spacial score (nSPS) is 11.8. The van der Waals surface area contributed by atoms with Crippen molar-refractivity contribution < 1.29 is 9.53 Å². The zero-order valence-electron chi connectivity index (χ0n) is 10.1. The Labute approximate surface area is 105 Å². The van der Waals surface area contributed by atoms with Gasteiger partial charge in [0.1, 0.15) is 6.07 Å². The molecule has 1 unspecified atom stereocenters. The first-order valence-electron chi connectivity index (χ1n) is 5.75. The summed E-state index contributed by atoms with van der Waals surface area (Å²) in [5, 5.41) is 10.9. The number of carbonyl (C=O) groups excluding carboxylic acids is 1. The van der Waals surface area contributed by atoms with Gasteiger partial charge < -0.3 is 4.74 Å². The maximum absolute atomic E-state index is 11.8. The molecule has 0 saturated heterocycles. The van der Waals surface area contributed by atoms with Gasteiger partial charge in [-0.25, -0.2) is 4.98 Å². The lowest BCUT2D eigenvalue weighted by Crippen LogP contribution is -2.16. The third-order valence-corrected chi connectivity index (χ3v) is 3.16. The predicted molar refractivity (Wildman–Crippen MR) is 65.7 cm³/mol. The zero-order chi connectivity index (χ0) is 12.7. The molecule has 5 heteroatoms. The molecule has 0 bridgehead atoms. The molecule has 0 spiro atoms. The number of hydrogen-bond acceptors (Lipinski definition) is 5. The van der Waals surface area contributed by atoms with Gasteiger partial charge in [-0.3, -0.25) is 4.79 Å². The number of nitrogens with zero attached hydrogens (tertiary/aromatic N) is 2. The van der Waals surface area contributed by atoms with E-state index >= 15 is 0 Å². The van der Waals surface area contributed by atoms with Gasteiger partial charge in [-0.2, -0.15) is 5.26 Å². The van der Waals surface area contributed by atoms with Gasteiger partial charge >= 0.3 is 5.97 Å². The van der Waals surface area contributed by atoms with Gasteiger partial charge in [0.25, 0.3) is 0 Å². The zero-order valence-corrected chi connectivity index (χ0v) is 10.9. The van der Waals surface area contributed by atoms with E-state index < -0.39 is 0 Å². The first-order valence-corrected chi connectivity index (χ1v) is 6.63. The Morgan fingerprint density at radius 3 is 2.94 bits per heavy atom. The Morgan fingerprint density at radius 2 is 2.41 bits per heavy atom. The van der Waals surface area contributed by atoms with E-state index in [1.165, 1.54) is 11.3 Å². The van der Waals surface area contributed by atoms with Crippen LogP contribution in [0.25, 0.3) is 0 Å². The minimum atomic E-state index is -0.326. The molecular formula is C12H16N2O2S. The van der Waals surface area contributed by atoms with Crippen LogP contribution in [0.5, 0.6) is 0 Å². The largest absolute Gasteiger partial charge is 0.465 e. The van der Waals surface area contributed by atoms with Gasteiger partial charge in [-0.05, 0) is 13.3 Å². The lowest BCUT2D eigenvalue weighted by atomic mass is 9.99. The second-order valence-corrected chi connectivity index (χ2v) is 4.49. The van der Waals surface area contributed by atoms with Crippen molar-refractivity contribution in [2.45, 2.75) is 39.0 Å². The van der Waals surface area contributed by atoms with E-state index in [1.54, 1.807) is 12.3 Å². The molecule has 1 aromatic heterocycles. The highest BCUT2D eigenvalue weighted by atomic mass is 32.1. The Kier molecular flexibility index (Phi) is 5.64. The maximum atomic E-state index is 11.8. The van der Waals surface area contributed by atoms with Crippen LogP contribution < -0.4 is 0 Å². The number of unbranched alkanes of at least 4 members (excludes halogenated alkanes) is 1. The number of nitriles is 1. The minimum absolute atomic E-state index is 0.240. The van der Waals surface area contributed by atoms with Crippen LogP contribution in [0.4, 0.5) is 0 Å². The Morgan fingerprint density at radius 1 is 1.65 bits per heavy atom. The Bertz CT molecular complexity index is 409. The molecule has 0 fully saturated rings. The number of esters is 1. The lowest BCUT2D eigenvalue weighted by Gasteiger charge is -2.12. The fraction of sp³-hybridized carbons (Fsp3) is 0.583. The topological polar surface area (TPSA) is 63.0 Å². The van der Waals surface area contributed by atoms with Crippen molar-refractivity contribution in [3.05, 3.63) is 16.1 Å². The third-order valence-electron chi connectivity index (χ3n) is 2.39. The summed E-state index contributed by atoms with van der Waals surface area (Å²) < 4.78 is 5.04. The third kappa shape index (κ3) is 3.82.